The molecule has 0 radical (unpaired) electrons. The van der Waals surface area contributed by atoms with E-state index in [1.54, 1.807) is 0 Å². The van der Waals surface area contributed by atoms with E-state index < -0.39 is 0 Å². The van der Waals surface area contributed by atoms with Gasteiger partial charge in [0.25, 0.3) is 0 Å². The lowest BCUT2D eigenvalue weighted by Gasteiger charge is -2.38. The number of fused-ring (bicyclic) bond motifs is 1. The molecular formula is C32H47N7O4. The first-order valence-electron chi connectivity index (χ1n) is 15.6. The van der Waals surface area contributed by atoms with Gasteiger partial charge in [-0.05, 0) is 55.9 Å². The Morgan fingerprint density at radius 2 is 1.74 bits per heavy atom. The van der Waals surface area contributed by atoms with Crippen molar-refractivity contribution >= 4 is 23.4 Å². The van der Waals surface area contributed by atoms with Gasteiger partial charge < -0.3 is 29.9 Å². The van der Waals surface area contributed by atoms with Gasteiger partial charge in [-0.1, -0.05) is 20.8 Å². The molecule has 234 valence electrons. The lowest BCUT2D eigenvalue weighted by Crippen LogP contribution is -2.47. The molecule has 3 amide bonds. The van der Waals surface area contributed by atoms with Crippen molar-refractivity contribution in [1.29, 1.82) is 0 Å². The molecule has 2 aromatic rings. The monoisotopic (exact) mass is 593 g/mol. The van der Waals surface area contributed by atoms with E-state index in [-0.39, 0.29) is 23.4 Å². The van der Waals surface area contributed by atoms with Gasteiger partial charge in [0.2, 0.25) is 5.91 Å². The number of benzene rings is 1. The van der Waals surface area contributed by atoms with E-state index in [4.69, 9.17) is 19.4 Å². The summed E-state index contributed by atoms with van der Waals surface area (Å²) >= 11 is 0. The molecule has 2 saturated heterocycles. The Morgan fingerprint density at radius 3 is 2.47 bits per heavy atom. The molecule has 4 heterocycles. The maximum Gasteiger partial charge on any atom is 0.319 e. The lowest BCUT2D eigenvalue weighted by atomic mass is 9.91. The maximum atomic E-state index is 13.0. The first-order valence-corrected chi connectivity index (χ1v) is 15.6. The number of hydrogen-bond acceptors (Lipinski definition) is 8. The number of aromatic nitrogens is 2. The van der Waals surface area contributed by atoms with Crippen molar-refractivity contribution < 1.29 is 19.1 Å². The van der Waals surface area contributed by atoms with Crippen LogP contribution in [0.1, 0.15) is 51.8 Å². The second kappa shape index (κ2) is 14.0. The molecule has 2 N–H and O–H groups in total. The highest BCUT2D eigenvalue weighted by atomic mass is 16.5. The highest BCUT2D eigenvalue weighted by Crippen LogP contribution is 2.32. The third kappa shape index (κ3) is 8.43. The number of nitrogens with zero attached hydrogens (tertiary/aromatic N) is 5. The number of amides is 3. The largest absolute Gasteiger partial charge is 0.378 e. The van der Waals surface area contributed by atoms with E-state index in [2.05, 4.69) is 48.1 Å². The molecule has 0 spiro atoms. The highest BCUT2D eigenvalue weighted by Gasteiger charge is 2.30. The Balaban J connectivity index is 1.31. The Labute approximate surface area is 255 Å². The van der Waals surface area contributed by atoms with Crippen LogP contribution in [0.5, 0.6) is 0 Å². The number of nitrogens with one attached hydrogen (secondary N) is 2. The molecule has 11 heteroatoms. The van der Waals surface area contributed by atoms with E-state index in [0.717, 1.165) is 55.0 Å². The maximum absolute atomic E-state index is 13.0. The van der Waals surface area contributed by atoms with E-state index in [0.29, 0.717) is 70.7 Å². The van der Waals surface area contributed by atoms with Crippen molar-refractivity contribution in [2.24, 2.45) is 5.41 Å². The van der Waals surface area contributed by atoms with Gasteiger partial charge in [0, 0.05) is 56.1 Å². The summed E-state index contributed by atoms with van der Waals surface area (Å²) in [6.07, 6.45) is 2.78. The fraction of sp³-hybridized carbons (Fsp3) is 0.625. The van der Waals surface area contributed by atoms with Crippen LogP contribution in [0, 0.1) is 5.41 Å². The van der Waals surface area contributed by atoms with Crippen LogP contribution in [0.25, 0.3) is 11.4 Å². The molecule has 0 bridgehead atoms. The van der Waals surface area contributed by atoms with Gasteiger partial charge in [0.1, 0.15) is 5.82 Å². The summed E-state index contributed by atoms with van der Waals surface area (Å²) in [6, 6.07) is 7.67. The van der Waals surface area contributed by atoms with Crippen LogP contribution < -0.4 is 15.5 Å². The minimum absolute atomic E-state index is 0.143. The zero-order chi connectivity index (χ0) is 30.4. The van der Waals surface area contributed by atoms with Crippen molar-refractivity contribution in [3.8, 4) is 11.4 Å². The summed E-state index contributed by atoms with van der Waals surface area (Å²) in [7, 11) is 0. The minimum Gasteiger partial charge on any atom is -0.378 e. The van der Waals surface area contributed by atoms with Crippen LogP contribution in [-0.4, -0.2) is 103 Å². The number of ether oxygens (including phenoxy) is 2. The molecule has 0 saturated carbocycles. The van der Waals surface area contributed by atoms with Crippen molar-refractivity contribution in [2.45, 2.75) is 59.5 Å². The summed E-state index contributed by atoms with van der Waals surface area (Å²) < 4.78 is 11.1. The molecule has 2 fully saturated rings. The van der Waals surface area contributed by atoms with Crippen LogP contribution in [0.3, 0.4) is 0 Å². The average molecular weight is 594 g/mol. The fourth-order valence-electron chi connectivity index (χ4n) is 5.81. The number of rotatable bonds is 8. The summed E-state index contributed by atoms with van der Waals surface area (Å²) in [6.45, 7) is 15.8. The number of urea groups is 1. The lowest BCUT2D eigenvalue weighted by molar-refractivity contribution is -0.136. The van der Waals surface area contributed by atoms with Crippen LogP contribution >= 0.6 is 0 Å². The van der Waals surface area contributed by atoms with E-state index in [9.17, 15) is 9.59 Å². The topological polar surface area (TPSA) is 112 Å². The van der Waals surface area contributed by atoms with Gasteiger partial charge in [-0.15, -0.1) is 0 Å². The summed E-state index contributed by atoms with van der Waals surface area (Å²) in [5.74, 6) is 1.75. The predicted molar refractivity (Wildman–Crippen MR) is 167 cm³/mol. The Hall–Kier alpha value is -3.28. The second-order valence-corrected chi connectivity index (χ2v) is 13.0. The van der Waals surface area contributed by atoms with Crippen LogP contribution in [0.2, 0.25) is 0 Å². The second-order valence-electron chi connectivity index (χ2n) is 13.0. The summed E-state index contributed by atoms with van der Waals surface area (Å²) in [5.41, 5.74) is 3.98. The fourth-order valence-corrected chi connectivity index (χ4v) is 5.81. The summed E-state index contributed by atoms with van der Waals surface area (Å²) in [5, 5.41) is 5.87. The average Bonchev–Trinajstić information content (AvgIpc) is 2.99. The first-order chi connectivity index (χ1) is 20.7. The third-order valence-electron chi connectivity index (χ3n) is 8.27. The molecular weight excluding hydrogens is 546 g/mol. The van der Waals surface area contributed by atoms with Crippen molar-refractivity contribution in [3.63, 3.8) is 0 Å². The van der Waals surface area contributed by atoms with Gasteiger partial charge in [-0.25, -0.2) is 14.8 Å². The molecule has 43 heavy (non-hydrogen) atoms. The van der Waals surface area contributed by atoms with Crippen LogP contribution in [-0.2, 0) is 27.2 Å². The molecule has 5 rings (SSSR count). The number of morpholine rings is 2. The van der Waals surface area contributed by atoms with Gasteiger partial charge in [-0.3, -0.25) is 9.69 Å². The molecule has 11 nitrogen and oxygen atoms in total. The molecule has 3 aliphatic heterocycles. The normalized spacial score (nSPS) is 19.6. The van der Waals surface area contributed by atoms with Gasteiger partial charge in [0.05, 0.1) is 44.7 Å². The molecule has 3 aliphatic rings. The van der Waals surface area contributed by atoms with Gasteiger partial charge in [-0.2, -0.15) is 0 Å². The third-order valence-corrected chi connectivity index (χ3v) is 8.27. The first kappa shape index (κ1) is 31.2. The van der Waals surface area contributed by atoms with E-state index >= 15 is 0 Å². The van der Waals surface area contributed by atoms with Crippen molar-refractivity contribution in [1.82, 2.24) is 25.1 Å². The van der Waals surface area contributed by atoms with Gasteiger partial charge >= 0.3 is 6.03 Å². The Bertz CT molecular complexity index is 1260. The molecule has 1 aromatic carbocycles. The number of hydrogen-bond donors (Lipinski definition) is 2. The zero-order valence-electron chi connectivity index (χ0n) is 26.2. The molecule has 1 atom stereocenters. The van der Waals surface area contributed by atoms with Crippen molar-refractivity contribution in [3.05, 3.63) is 35.5 Å². The Morgan fingerprint density at radius 1 is 1.00 bits per heavy atom. The van der Waals surface area contributed by atoms with E-state index in [1.165, 1.54) is 0 Å². The van der Waals surface area contributed by atoms with Gasteiger partial charge in [0.15, 0.2) is 5.82 Å². The number of anilines is 2. The number of carbonyl (C=O) groups excluding carboxylic acids is 2. The quantitative estimate of drug-likeness (QED) is 0.447. The summed E-state index contributed by atoms with van der Waals surface area (Å²) in [4.78, 5) is 42.0. The van der Waals surface area contributed by atoms with Crippen LogP contribution in [0.4, 0.5) is 16.3 Å². The predicted octanol–water partition coefficient (Wildman–Crippen LogP) is 3.53. The zero-order valence-corrected chi connectivity index (χ0v) is 26.2. The molecule has 0 aliphatic carbocycles. The minimum atomic E-state index is -0.206. The SMILES string of the molecule is CC1COCCN1c1nc(-c2ccc(NC(=O)NCCCC(C)(C)C)cc2)nc2c1CCN(CC(=O)N1CCOCC1)C2. The van der Waals surface area contributed by atoms with Crippen molar-refractivity contribution in [2.75, 3.05) is 75.9 Å². The standard InChI is InChI=1S/C32H47N7O4/c1-23-22-43-19-16-39(23)30-26-10-13-37(21-28(40)38-14-17-42-18-15-38)20-27(26)35-29(36-30)24-6-8-25(9-7-24)34-31(41)33-12-5-11-32(2,3)4/h6-9,23H,5,10-22H2,1-4H3,(H2,33,34,41). The molecule has 1 unspecified atom stereocenters. The Kier molecular flexibility index (Phi) is 10.1. The smallest absolute Gasteiger partial charge is 0.319 e. The number of carbonyl (C=O) groups is 2. The van der Waals surface area contributed by atoms with E-state index in [1.807, 2.05) is 29.2 Å². The molecule has 1 aromatic heterocycles. The van der Waals surface area contributed by atoms with Crippen LogP contribution in [0.15, 0.2) is 24.3 Å². The highest BCUT2D eigenvalue weighted by molar-refractivity contribution is 5.89.